The monoisotopic (exact) mass is 360 g/mol. The fraction of sp³-hybridized carbons (Fsp3) is 0.316. The number of nitrogens with one attached hydrogen (secondary N) is 1. The molecule has 0 heterocycles. The fourth-order valence-corrected chi connectivity index (χ4v) is 3.86. The van der Waals surface area contributed by atoms with Gasteiger partial charge in [0.05, 0.1) is 11.9 Å². The maximum atomic E-state index is 12.5. The van der Waals surface area contributed by atoms with Gasteiger partial charge >= 0.3 is 0 Å². The predicted octanol–water partition coefficient (Wildman–Crippen LogP) is 2.51. The van der Waals surface area contributed by atoms with E-state index in [4.69, 9.17) is 0 Å². The highest BCUT2D eigenvalue weighted by Crippen LogP contribution is 2.21. The molecule has 0 aliphatic rings. The lowest BCUT2D eigenvalue weighted by molar-refractivity contribution is -0.121. The first-order chi connectivity index (χ1) is 11.8. The van der Waals surface area contributed by atoms with Crippen LogP contribution in [0.15, 0.2) is 54.6 Å². The number of carbonyl (C=O) groups excluding carboxylic acids is 1. The summed E-state index contributed by atoms with van der Waals surface area (Å²) in [7, 11) is -3.58. The molecule has 0 saturated carbocycles. The lowest BCUT2D eigenvalue weighted by Crippen LogP contribution is -2.48. The van der Waals surface area contributed by atoms with E-state index in [1.807, 2.05) is 43.3 Å². The van der Waals surface area contributed by atoms with Crippen LogP contribution in [-0.2, 0) is 21.2 Å². The van der Waals surface area contributed by atoms with Gasteiger partial charge in [0, 0.05) is 6.54 Å². The smallest absolute Gasteiger partial charge is 0.243 e. The Labute approximate surface area is 149 Å². The molecule has 0 aliphatic carbocycles. The van der Waals surface area contributed by atoms with Crippen LogP contribution >= 0.6 is 0 Å². The van der Waals surface area contributed by atoms with Crippen molar-refractivity contribution in [3.8, 4) is 0 Å². The zero-order valence-corrected chi connectivity index (χ0v) is 15.6. The van der Waals surface area contributed by atoms with Gasteiger partial charge in [-0.15, -0.1) is 0 Å². The van der Waals surface area contributed by atoms with E-state index >= 15 is 0 Å². The predicted molar refractivity (Wildman–Crippen MR) is 101 cm³/mol. The topological polar surface area (TPSA) is 66.5 Å². The van der Waals surface area contributed by atoms with Crippen molar-refractivity contribution in [1.29, 1.82) is 0 Å². The number of sulfonamides is 1. The Balaban J connectivity index is 2.08. The van der Waals surface area contributed by atoms with Gasteiger partial charge in [0.1, 0.15) is 6.04 Å². The Morgan fingerprint density at radius 2 is 1.80 bits per heavy atom. The van der Waals surface area contributed by atoms with Crippen LogP contribution in [0.4, 0.5) is 5.69 Å². The number of rotatable bonds is 7. The second-order valence-corrected chi connectivity index (χ2v) is 7.96. The summed E-state index contributed by atoms with van der Waals surface area (Å²) in [5.41, 5.74) is 2.55. The van der Waals surface area contributed by atoms with E-state index in [2.05, 4.69) is 5.32 Å². The third-order valence-corrected chi connectivity index (χ3v) is 5.14. The molecule has 1 N–H and O–H groups in total. The molecular weight excluding hydrogens is 336 g/mol. The van der Waals surface area contributed by atoms with Gasteiger partial charge in [0.15, 0.2) is 0 Å². The van der Waals surface area contributed by atoms with Gasteiger partial charge in [-0.05, 0) is 43.5 Å². The average Bonchev–Trinajstić information content (AvgIpc) is 2.54. The quantitative estimate of drug-likeness (QED) is 0.825. The summed E-state index contributed by atoms with van der Waals surface area (Å²) >= 11 is 0. The van der Waals surface area contributed by atoms with Gasteiger partial charge in [-0.1, -0.05) is 42.5 Å². The summed E-state index contributed by atoms with van der Waals surface area (Å²) in [6, 6.07) is 16.1. The molecule has 0 fully saturated rings. The molecule has 0 unspecified atom stereocenters. The summed E-state index contributed by atoms with van der Waals surface area (Å²) in [6.07, 6.45) is 1.81. The second-order valence-electron chi connectivity index (χ2n) is 6.10. The Hall–Kier alpha value is -2.34. The molecule has 0 spiro atoms. The van der Waals surface area contributed by atoms with Crippen LogP contribution in [0.25, 0.3) is 0 Å². The number of benzene rings is 2. The number of anilines is 1. The van der Waals surface area contributed by atoms with E-state index in [1.54, 1.807) is 25.1 Å². The Bertz CT molecular complexity index is 820. The number of hydrogen-bond acceptors (Lipinski definition) is 3. The van der Waals surface area contributed by atoms with Gasteiger partial charge < -0.3 is 5.32 Å². The summed E-state index contributed by atoms with van der Waals surface area (Å²) in [4.78, 5) is 12.5. The molecule has 2 rings (SSSR count). The molecule has 134 valence electrons. The Morgan fingerprint density at radius 1 is 1.12 bits per heavy atom. The van der Waals surface area contributed by atoms with Crippen molar-refractivity contribution < 1.29 is 13.2 Å². The molecule has 0 bridgehead atoms. The molecule has 0 aliphatic heterocycles. The first-order valence-corrected chi connectivity index (χ1v) is 10.0. The van der Waals surface area contributed by atoms with Crippen LogP contribution in [0, 0.1) is 6.92 Å². The van der Waals surface area contributed by atoms with Crippen molar-refractivity contribution in [3.05, 3.63) is 65.7 Å². The van der Waals surface area contributed by atoms with Gasteiger partial charge in [-0.2, -0.15) is 0 Å². The number of aryl methyl sites for hydroxylation is 1. The van der Waals surface area contributed by atoms with Crippen LogP contribution < -0.4 is 9.62 Å². The van der Waals surface area contributed by atoms with Crippen molar-refractivity contribution in [1.82, 2.24) is 5.32 Å². The van der Waals surface area contributed by atoms with E-state index in [9.17, 15) is 13.2 Å². The SMILES string of the molecule is Cc1cccc(N([C@@H](C)C(=O)NCCc2ccccc2)S(C)(=O)=O)c1. The molecule has 5 nitrogen and oxygen atoms in total. The normalized spacial score (nSPS) is 12.4. The number of amides is 1. The molecular formula is C19H24N2O3S. The van der Waals surface area contributed by atoms with Crippen molar-refractivity contribution in [2.75, 3.05) is 17.1 Å². The van der Waals surface area contributed by atoms with Gasteiger partial charge in [0.25, 0.3) is 0 Å². The molecule has 1 amide bonds. The number of carbonyl (C=O) groups is 1. The molecule has 1 atom stereocenters. The molecule has 6 heteroatoms. The van der Waals surface area contributed by atoms with Crippen molar-refractivity contribution in [3.63, 3.8) is 0 Å². The summed E-state index contributed by atoms with van der Waals surface area (Å²) in [5.74, 6) is -0.317. The molecule has 0 aromatic heterocycles. The average molecular weight is 360 g/mol. The zero-order valence-electron chi connectivity index (χ0n) is 14.8. The molecule has 2 aromatic rings. The first-order valence-electron chi connectivity index (χ1n) is 8.17. The third-order valence-electron chi connectivity index (χ3n) is 3.90. The highest BCUT2D eigenvalue weighted by molar-refractivity contribution is 7.92. The van der Waals surface area contributed by atoms with Crippen LogP contribution in [0.5, 0.6) is 0 Å². The molecule has 2 aromatic carbocycles. The van der Waals surface area contributed by atoms with Crippen LogP contribution in [0.3, 0.4) is 0 Å². The highest BCUT2D eigenvalue weighted by Gasteiger charge is 2.28. The molecule has 0 saturated heterocycles. The van der Waals surface area contributed by atoms with Crippen molar-refractivity contribution in [2.45, 2.75) is 26.3 Å². The van der Waals surface area contributed by atoms with Gasteiger partial charge in [-0.25, -0.2) is 8.42 Å². The van der Waals surface area contributed by atoms with Crippen LogP contribution in [0.2, 0.25) is 0 Å². The molecule has 0 radical (unpaired) electrons. The van der Waals surface area contributed by atoms with Crippen LogP contribution in [0.1, 0.15) is 18.1 Å². The van der Waals surface area contributed by atoms with E-state index in [0.29, 0.717) is 18.7 Å². The number of nitrogens with zero attached hydrogens (tertiary/aromatic N) is 1. The summed E-state index contributed by atoms with van der Waals surface area (Å²) < 4.78 is 25.6. The first kappa shape index (κ1) is 19.0. The number of hydrogen-bond donors (Lipinski definition) is 1. The Kier molecular flexibility index (Phi) is 6.20. The summed E-state index contributed by atoms with van der Waals surface area (Å²) in [5, 5.41) is 2.82. The highest BCUT2D eigenvalue weighted by atomic mass is 32.2. The van der Waals surface area contributed by atoms with E-state index in [-0.39, 0.29) is 5.91 Å². The van der Waals surface area contributed by atoms with Crippen molar-refractivity contribution in [2.24, 2.45) is 0 Å². The lowest BCUT2D eigenvalue weighted by Gasteiger charge is -2.28. The van der Waals surface area contributed by atoms with Crippen LogP contribution in [-0.4, -0.2) is 33.2 Å². The molecule has 25 heavy (non-hydrogen) atoms. The van der Waals surface area contributed by atoms with E-state index in [1.165, 1.54) is 0 Å². The zero-order chi connectivity index (χ0) is 18.4. The summed E-state index contributed by atoms with van der Waals surface area (Å²) in [6.45, 7) is 3.94. The minimum absolute atomic E-state index is 0.317. The largest absolute Gasteiger partial charge is 0.354 e. The third kappa shape index (κ3) is 5.32. The van der Waals surface area contributed by atoms with E-state index in [0.717, 1.165) is 21.7 Å². The Morgan fingerprint density at radius 3 is 2.40 bits per heavy atom. The minimum atomic E-state index is -3.58. The maximum absolute atomic E-state index is 12.5. The standard InChI is InChI=1S/C19H24N2O3S/c1-15-8-7-11-18(14-15)21(25(3,23)24)16(2)19(22)20-13-12-17-9-5-4-6-10-17/h4-11,14,16H,12-13H2,1-3H3,(H,20,22)/t16-/m0/s1. The van der Waals surface area contributed by atoms with Crippen molar-refractivity contribution >= 4 is 21.6 Å². The second kappa shape index (κ2) is 8.16. The van der Waals surface area contributed by atoms with Gasteiger partial charge in [-0.3, -0.25) is 9.10 Å². The lowest BCUT2D eigenvalue weighted by atomic mass is 10.1. The maximum Gasteiger partial charge on any atom is 0.243 e. The minimum Gasteiger partial charge on any atom is -0.354 e. The van der Waals surface area contributed by atoms with Gasteiger partial charge in [0.2, 0.25) is 15.9 Å². The van der Waals surface area contributed by atoms with E-state index < -0.39 is 16.1 Å². The fourth-order valence-electron chi connectivity index (χ4n) is 2.70.